The predicted molar refractivity (Wildman–Crippen MR) is 69.1 cm³/mol. The molecule has 0 amide bonds. The van der Waals surface area contributed by atoms with Crippen molar-refractivity contribution in [3.05, 3.63) is 36.4 Å². The van der Waals surface area contributed by atoms with Gasteiger partial charge >= 0.3 is 0 Å². The molecule has 0 unspecified atom stereocenters. The van der Waals surface area contributed by atoms with Gasteiger partial charge < -0.3 is 16.8 Å². The van der Waals surface area contributed by atoms with Crippen molar-refractivity contribution < 1.29 is 0 Å². The first-order valence-corrected chi connectivity index (χ1v) is 5.78. The summed E-state index contributed by atoms with van der Waals surface area (Å²) >= 11 is 1.69. The second-order valence-electron chi connectivity index (χ2n) is 3.70. The Morgan fingerprint density at radius 3 is 2.75 bits per heavy atom. The number of rotatable bonds is 0. The standard InChI is InChI=1S/C12H11N3S/c13-7-4-5-9-11(6-7)16-10-3-1-2-8(14)12(10)15-9/h1-6,15H,13-14H2. The van der Waals surface area contributed by atoms with Gasteiger partial charge in [-0.2, -0.15) is 0 Å². The van der Waals surface area contributed by atoms with Gasteiger partial charge in [0.15, 0.2) is 0 Å². The number of hydrogen-bond acceptors (Lipinski definition) is 4. The first kappa shape index (κ1) is 9.42. The Hall–Kier alpha value is -1.81. The first-order valence-electron chi connectivity index (χ1n) is 4.97. The van der Waals surface area contributed by atoms with Crippen LogP contribution < -0.4 is 16.8 Å². The van der Waals surface area contributed by atoms with E-state index in [2.05, 4.69) is 11.4 Å². The summed E-state index contributed by atoms with van der Waals surface area (Å²) in [6.07, 6.45) is 0. The summed E-state index contributed by atoms with van der Waals surface area (Å²) in [6.45, 7) is 0. The molecule has 0 aromatic heterocycles. The molecule has 3 nitrogen and oxygen atoms in total. The average molecular weight is 229 g/mol. The third-order valence-corrected chi connectivity index (χ3v) is 3.66. The van der Waals surface area contributed by atoms with E-state index in [9.17, 15) is 0 Å². The van der Waals surface area contributed by atoms with Crippen LogP contribution in [0.2, 0.25) is 0 Å². The van der Waals surface area contributed by atoms with E-state index < -0.39 is 0 Å². The van der Waals surface area contributed by atoms with Crippen molar-refractivity contribution in [2.24, 2.45) is 0 Å². The summed E-state index contributed by atoms with van der Waals surface area (Å²) < 4.78 is 0. The van der Waals surface area contributed by atoms with Crippen LogP contribution in [0.1, 0.15) is 0 Å². The molecule has 0 atom stereocenters. The minimum Gasteiger partial charge on any atom is -0.399 e. The summed E-state index contributed by atoms with van der Waals surface area (Å²) in [4.78, 5) is 2.27. The molecular formula is C12H11N3S. The van der Waals surface area contributed by atoms with Crippen LogP contribution in [0.15, 0.2) is 46.2 Å². The summed E-state index contributed by atoms with van der Waals surface area (Å²) in [7, 11) is 0. The molecule has 0 aliphatic carbocycles. The largest absolute Gasteiger partial charge is 0.399 e. The molecule has 2 aromatic rings. The van der Waals surface area contributed by atoms with E-state index >= 15 is 0 Å². The smallest absolute Gasteiger partial charge is 0.0759 e. The van der Waals surface area contributed by atoms with Gasteiger partial charge in [-0.1, -0.05) is 17.8 Å². The third kappa shape index (κ3) is 1.39. The van der Waals surface area contributed by atoms with Crippen LogP contribution in [0.4, 0.5) is 22.7 Å². The molecule has 1 aliphatic rings. The highest BCUT2D eigenvalue weighted by molar-refractivity contribution is 7.99. The zero-order valence-electron chi connectivity index (χ0n) is 8.53. The number of para-hydroxylation sites is 1. The summed E-state index contributed by atoms with van der Waals surface area (Å²) in [5.74, 6) is 0. The van der Waals surface area contributed by atoms with Gasteiger partial charge in [0.05, 0.1) is 17.1 Å². The van der Waals surface area contributed by atoms with E-state index in [0.29, 0.717) is 0 Å². The highest BCUT2D eigenvalue weighted by Gasteiger charge is 2.17. The number of nitrogens with one attached hydrogen (secondary N) is 1. The molecule has 0 saturated heterocycles. The molecule has 0 saturated carbocycles. The second-order valence-corrected chi connectivity index (χ2v) is 4.79. The molecule has 3 rings (SSSR count). The monoisotopic (exact) mass is 229 g/mol. The molecule has 1 aliphatic heterocycles. The summed E-state index contributed by atoms with van der Waals surface area (Å²) in [5.41, 5.74) is 15.3. The number of nitrogens with two attached hydrogens (primary N) is 2. The van der Waals surface area contributed by atoms with Crippen molar-refractivity contribution in [3.8, 4) is 0 Å². The molecule has 0 spiro atoms. The quantitative estimate of drug-likeness (QED) is 0.518. The molecule has 5 N–H and O–H groups in total. The van der Waals surface area contributed by atoms with Gasteiger partial charge in [-0.05, 0) is 30.3 Å². The van der Waals surface area contributed by atoms with Gasteiger partial charge in [-0.3, -0.25) is 0 Å². The minimum absolute atomic E-state index is 0.771. The fourth-order valence-corrected chi connectivity index (χ4v) is 2.83. The van der Waals surface area contributed by atoms with Crippen LogP contribution in [0, 0.1) is 0 Å². The molecule has 80 valence electrons. The van der Waals surface area contributed by atoms with Gasteiger partial charge in [0, 0.05) is 15.5 Å². The Balaban J connectivity index is 2.13. The van der Waals surface area contributed by atoms with Crippen LogP contribution in [0.25, 0.3) is 0 Å². The molecule has 4 heteroatoms. The maximum Gasteiger partial charge on any atom is 0.0759 e. The van der Waals surface area contributed by atoms with Gasteiger partial charge in [-0.25, -0.2) is 0 Å². The lowest BCUT2D eigenvalue weighted by molar-refractivity contribution is 1.32. The highest BCUT2D eigenvalue weighted by atomic mass is 32.2. The lowest BCUT2D eigenvalue weighted by Gasteiger charge is -2.22. The van der Waals surface area contributed by atoms with Crippen molar-refractivity contribution in [1.29, 1.82) is 0 Å². The molecule has 16 heavy (non-hydrogen) atoms. The predicted octanol–water partition coefficient (Wildman–Crippen LogP) is 3.06. The third-order valence-electron chi connectivity index (χ3n) is 2.54. The maximum absolute atomic E-state index is 5.93. The van der Waals surface area contributed by atoms with Gasteiger partial charge in [0.1, 0.15) is 0 Å². The number of fused-ring (bicyclic) bond motifs is 2. The van der Waals surface area contributed by atoms with Crippen LogP contribution >= 0.6 is 11.8 Å². The maximum atomic E-state index is 5.93. The van der Waals surface area contributed by atoms with E-state index in [1.807, 2.05) is 30.3 Å². The van der Waals surface area contributed by atoms with Crippen molar-refractivity contribution in [2.75, 3.05) is 16.8 Å². The minimum atomic E-state index is 0.771. The molecule has 0 bridgehead atoms. The summed E-state index contributed by atoms with van der Waals surface area (Å²) in [5, 5.41) is 3.33. The average Bonchev–Trinajstić information content (AvgIpc) is 2.27. The Kier molecular flexibility index (Phi) is 1.97. The van der Waals surface area contributed by atoms with E-state index in [1.54, 1.807) is 11.8 Å². The highest BCUT2D eigenvalue weighted by Crippen LogP contribution is 2.46. The molecule has 1 heterocycles. The van der Waals surface area contributed by atoms with Crippen molar-refractivity contribution in [2.45, 2.75) is 9.79 Å². The van der Waals surface area contributed by atoms with E-state index in [0.717, 1.165) is 32.5 Å². The van der Waals surface area contributed by atoms with Crippen LogP contribution in [-0.4, -0.2) is 0 Å². The number of nitrogen functional groups attached to an aromatic ring is 2. The number of anilines is 4. The zero-order valence-corrected chi connectivity index (χ0v) is 9.34. The van der Waals surface area contributed by atoms with Gasteiger partial charge in [-0.15, -0.1) is 0 Å². The molecule has 0 fully saturated rings. The van der Waals surface area contributed by atoms with Crippen molar-refractivity contribution >= 4 is 34.5 Å². The van der Waals surface area contributed by atoms with Gasteiger partial charge in [0.2, 0.25) is 0 Å². The van der Waals surface area contributed by atoms with Crippen LogP contribution in [0.5, 0.6) is 0 Å². The number of benzene rings is 2. The topological polar surface area (TPSA) is 64.1 Å². The lowest BCUT2D eigenvalue weighted by atomic mass is 10.2. The van der Waals surface area contributed by atoms with E-state index in [4.69, 9.17) is 11.5 Å². The molecular weight excluding hydrogens is 218 g/mol. The Labute approximate surface area is 97.8 Å². The van der Waals surface area contributed by atoms with Crippen LogP contribution in [0.3, 0.4) is 0 Å². The lowest BCUT2D eigenvalue weighted by Crippen LogP contribution is -2.03. The molecule has 2 aromatic carbocycles. The SMILES string of the molecule is Nc1ccc2c(c1)Sc1cccc(N)c1N2. The summed E-state index contributed by atoms with van der Waals surface area (Å²) in [6, 6.07) is 11.7. The Bertz CT molecular complexity index is 566. The normalized spacial score (nSPS) is 12.5. The first-order chi connectivity index (χ1) is 7.74. The number of hydrogen-bond donors (Lipinski definition) is 3. The molecule has 0 radical (unpaired) electrons. The fraction of sp³-hybridized carbons (Fsp3) is 0. The van der Waals surface area contributed by atoms with Crippen molar-refractivity contribution in [1.82, 2.24) is 0 Å². The zero-order chi connectivity index (χ0) is 11.1. The fourth-order valence-electron chi connectivity index (χ4n) is 1.75. The Morgan fingerprint density at radius 1 is 1.00 bits per heavy atom. The van der Waals surface area contributed by atoms with E-state index in [1.165, 1.54) is 0 Å². The Morgan fingerprint density at radius 2 is 1.88 bits per heavy atom. The van der Waals surface area contributed by atoms with Gasteiger partial charge in [0.25, 0.3) is 0 Å². The van der Waals surface area contributed by atoms with E-state index in [-0.39, 0.29) is 0 Å². The van der Waals surface area contributed by atoms with Crippen LogP contribution in [-0.2, 0) is 0 Å². The van der Waals surface area contributed by atoms with Crippen molar-refractivity contribution in [3.63, 3.8) is 0 Å². The second kappa shape index (κ2) is 3.35.